The van der Waals surface area contributed by atoms with E-state index < -0.39 is 0 Å². The zero-order valence-corrected chi connectivity index (χ0v) is 12.0. The van der Waals surface area contributed by atoms with Crippen molar-refractivity contribution in [3.05, 3.63) is 53.3 Å². The molecular weight excluding hydrogens is 290 g/mol. The van der Waals surface area contributed by atoms with Crippen molar-refractivity contribution >= 4 is 28.3 Å². The van der Waals surface area contributed by atoms with Gasteiger partial charge in [-0.2, -0.15) is 5.10 Å². The SMILES string of the molecule is CN(Cc1ncn[nH]1)C(=O)c1cnc(Cl)c2ccccc12. The topological polar surface area (TPSA) is 74.8 Å². The van der Waals surface area contributed by atoms with Crippen LogP contribution in [0.1, 0.15) is 16.2 Å². The molecule has 2 heterocycles. The summed E-state index contributed by atoms with van der Waals surface area (Å²) < 4.78 is 0. The van der Waals surface area contributed by atoms with Gasteiger partial charge in [0.15, 0.2) is 0 Å². The van der Waals surface area contributed by atoms with Crippen LogP contribution in [0.25, 0.3) is 10.8 Å². The molecule has 0 aliphatic rings. The Morgan fingerprint density at radius 1 is 1.29 bits per heavy atom. The Hall–Kier alpha value is -2.47. The van der Waals surface area contributed by atoms with E-state index in [2.05, 4.69) is 20.2 Å². The highest BCUT2D eigenvalue weighted by atomic mass is 35.5. The summed E-state index contributed by atoms with van der Waals surface area (Å²) in [6, 6.07) is 7.44. The maximum absolute atomic E-state index is 12.6. The van der Waals surface area contributed by atoms with Crippen molar-refractivity contribution in [2.45, 2.75) is 6.54 Å². The van der Waals surface area contributed by atoms with E-state index in [0.717, 1.165) is 10.8 Å². The molecule has 1 N–H and O–H groups in total. The van der Waals surface area contributed by atoms with E-state index in [-0.39, 0.29) is 5.91 Å². The standard InChI is InChI=1S/C14H12ClN5O/c1-20(7-12-17-8-18-19-12)14(21)11-6-16-13(15)10-5-3-2-4-9(10)11/h2-6,8H,7H2,1H3,(H,17,18,19). The molecule has 106 valence electrons. The van der Waals surface area contributed by atoms with E-state index in [1.807, 2.05) is 24.3 Å². The maximum atomic E-state index is 12.6. The minimum atomic E-state index is -0.147. The van der Waals surface area contributed by atoms with Crippen LogP contribution in [0, 0.1) is 0 Å². The summed E-state index contributed by atoms with van der Waals surface area (Å²) in [5.41, 5.74) is 0.511. The number of H-pyrrole nitrogens is 1. The molecule has 0 bridgehead atoms. The minimum absolute atomic E-state index is 0.147. The van der Waals surface area contributed by atoms with E-state index in [4.69, 9.17) is 11.6 Å². The summed E-state index contributed by atoms with van der Waals surface area (Å²) in [6.45, 7) is 0.343. The average molecular weight is 302 g/mol. The van der Waals surface area contributed by atoms with Crippen molar-refractivity contribution < 1.29 is 4.79 Å². The van der Waals surface area contributed by atoms with Gasteiger partial charge in [0, 0.05) is 18.6 Å². The van der Waals surface area contributed by atoms with Crippen molar-refractivity contribution in [2.75, 3.05) is 7.05 Å². The number of halogens is 1. The lowest BCUT2D eigenvalue weighted by atomic mass is 10.1. The summed E-state index contributed by atoms with van der Waals surface area (Å²) >= 11 is 6.07. The number of rotatable bonds is 3. The molecule has 0 spiro atoms. The van der Waals surface area contributed by atoms with Crippen molar-refractivity contribution in [2.24, 2.45) is 0 Å². The van der Waals surface area contributed by atoms with Gasteiger partial charge in [-0.25, -0.2) is 9.97 Å². The van der Waals surface area contributed by atoms with Gasteiger partial charge in [-0.15, -0.1) is 0 Å². The Balaban J connectivity index is 1.96. The number of aromatic nitrogens is 4. The van der Waals surface area contributed by atoms with Gasteiger partial charge in [-0.05, 0) is 5.39 Å². The largest absolute Gasteiger partial charge is 0.334 e. The van der Waals surface area contributed by atoms with Gasteiger partial charge < -0.3 is 4.90 Å². The summed E-state index contributed by atoms with van der Waals surface area (Å²) in [4.78, 5) is 22.2. The van der Waals surface area contributed by atoms with Crippen LogP contribution in [0.2, 0.25) is 5.15 Å². The first kappa shape index (κ1) is 13.5. The molecule has 3 aromatic rings. The van der Waals surface area contributed by atoms with Gasteiger partial charge in [0.05, 0.1) is 12.1 Å². The highest BCUT2D eigenvalue weighted by Gasteiger charge is 2.17. The number of fused-ring (bicyclic) bond motifs is 1. The third-order valence-corrected chi connectivity index (χ3v) is 3.48. The van der Waals surface area contributed by atoms with Gasteiger partial charge >= 0.3 is 0 Å². The lowest BCUT2D eigenvalue weighted by molar-refractivity contribution is 0.0783. The van der Waals surface area contributed by atoms with Gasteiger partial charge in [0.25, 0.3) is 5.91 Å². The molecule has 3 rings (SSSR count). The summed E-state index contributed by atoms with van der Waals surface area (Å²) in [6.07, 6.45) is 2.91. The van der Waals surface area contributed by atoms with Crippen molar-refractivity contribution in [3.8, 4) is 0 Å². The highest BCUT2D eigenvalue weighted by Crippen LogP contribution is 2.25. The zero-order valence-electron chi connectivity index (χ0n) is 11.2. The Bertz CT molecular complexity index is 787. The molecule has 1 amide bonds. The van der Waals surface area contributed by atoms with Crippen LogP contribution in [-0.2, 0) is 6.54 Å². The first-order valence-electron chi connectivity index (χ1n) is 6.30. The quantitative estimate of drug-likeness (QED) is 0.753. The monoisotopic (exact) mass is 301 g/mol. The van der Waals surface area contributed by atoms with Crippen LogP contribution in [0.5, 0.6) is 0 Å². The number of nitrogens with zero attached hydrogens (tertiary/aromatic N) is 4. The number of benzene rings is 1. The van der Waals surface area contributed by atoms with Gasteiger partial charge in [0.2, 0.25) is 0 Å². The average Bonchev–Trinajstić information content (AvgIpc) is 3.00. The van der Waals surface area contributed by atoms with Crippen LogP contribution in [0.15, 0.2) is 36.8 Å². The van der Waals surface area contributed by atoms with Crippen LogP contribution >= 0.6 is 11.6 Å². The summed E-state index contributed by atoms with van der Waals surface area (Å²) in [5.74, 6) is 0.476. The Labute approximate surface area is 125 Å². The Kier molecular flexibility index (Phi) is 3.53. The van der Waals surface area contributed by atoms with E-state index >= 15 is 0 Å². The number of hydrogen-bond donors (Lipinski definition) is 1. The first-order valence-corrected chi connectivity index (χ1v) is 6.67. The molecule has 6 nitrogen and oxygen atoms in total. The van der Waals surface area contributed by atoms with Crippen molar-refractivity contribution in [1.82, 2.24) is 25.1 Å². The zero-order chi connectivity index (χ0) is 14.8. The second-order valence-electron chi connectivity index (χ2n) is 4.60. The number of nitrogens with one attached hydrogen (secondary N) is 1. The van der Waals surface area contributed by atoms with Crippen molar-refractivity contribution in [3.63, 3.8) is 0 Å². The molecule has 0 saturated carbocycles. The third-order valence-electron chi connectivity index (χ3n) is 3.18. The van der Waals surface area contributed by atoms with Crippen LogP contribution in [-0.4, -0.2) is 38.0 Å². The third kappa shape index (κ3) is 2.57. The normalized spacial score (nSPS) is 10.8. The van der Waals surface area contributed by atoms with Gasteiger partial charge in [-0.3, -0.25) is 9.89 Å². The molecule has 7 heteroatoms. The number of carbonyl (C=O) groups is 1. The lowest BCUT2D eigenvalue weighted by Crippen LogP contribution is -2.27. The van der Waals surface area contributed by atoms with Crippen molar-refractivity contribution in [1.29, 1.82) is 0 Å². The molecule has 0 fully saturated rings. The molecule has 0 aliphatic heterocycles. The molecule has 0 unspecified atom stereocenters. The summed E-state index contributed by atoms with van der Waals surface area (Å²) in [5, 5.41) is 8.43. The fraction of sp³-hybridized carbons (Fsp3) is 0.143. The molecule has 21 heavy (non-hydrogen) atoms. The maximum Gasteiger partial charge on any atom is 0.256 e. The van der Waals surface area contributed by atoms with E-state index in [0.29, 0.717) is 23.1 Å². The van der Waals surface area contributed by atoms with Gasteiger partial charge in [0.1, 0.15) is 17.3 Å². The number of pyridine rings is 1. The van der Waals surface area contributed by atoms with E-state index in [1.54, 1.807) is 11.9 Å². The smallest absolute Gasteiger partial charge is 0.256 e. The predicted octanol–water partition coefficient (Wildman–Crippen LogP) is 2.28. The predicted molar refractivity (Wildman–Crippen MR) is 78.9 cm³/mol. The van der Waals surface area contributed by atoms with Crippen LogP contribution in [0.3, 0.4) is 0 Å². The highest BCUT2D eigenvalue weighted by molar-refractivity contribution is 6.34. The van der Waals surface area contributed by atoms with E-state index in [1.165, 1.54) is 12.5 Å². The molecule has 0 saturated heterocycles. The number of amides is 1. The Morgan fingerprint density at radius 2 is 2.05 bits per heavy atom. The Morgan fingerprint density at radius 3 is 2.76 bits per heavy atom. The van der Waals surface area contributed by atoms with E-state index in [9.17, 15) is 4.79 Å². The van der Waals surface area contributed by atoms with Gasteiger partial charge in [-0.1, -0.05) is 35.9 Å². The molecular formula is C14H12ClN5O. The number of aromatic amines is 1. The summed E-state index contributed by atoms with van der Waals surface area (Å²) in [7, 11) is 1.70. The fourth-order valence-electron chi connectivity index (χ4n) is 2.14. The number of hydrogen-bond acceptors (Lipinski definition) is 4. The van der Waals surface area contributed by atoms with Crippen LogP contribution < -0.4 is 0 Å². The molecule has 0 radical (unpaired) electrons. The van der Waals surface area contributed by atoms with Crippen LogP contribution in [0.4, 0.5) is 0 Å². The molecule has 0 atom stereocenters. The number of carbonyl (C=O) groups excluding carboxylic acids is 1. The molecule has 1 aromatic carbocycles. The lowest BCUT2D eigenvalue weighted by Gasteiger charge is -2.16. The molecule has 0 aliphatic carbocycles. The minimum Gasteiger partial charge on any atom is -0.334 e. The second-order valence-corrected chi connectivity index (χ2v) is 4.96. The second kappa shape index (κ2) is 5.49. The fourth-order valence-corrected chi connectivity index (χ4v) is 2.35. The molecule has 2 aromatic heterocycles. The first-order chi connectivity index (χ1) is 10.2.